The summed E-state index contributed by atoms with van der Waals surface area (Å²) in [6, 6.07) is 4.94. The molecule has 0 aliphatic heterocycles. The molecule has 0 aliphatic carbocycles. The van der Waals surface area contributed by atoms with E-state index in [0.29, 0.717) is 0 Å². The Morgan fingerprint density at radius 2 is 1.94 bits per heavy atom. The number of hydrogen-bond acceptors (Lipinski definition) is 3. The van der Waals surface area contributed by atoms with E-state index in [1.807, 2.05) is 13.8 Å². The highest BCUT2D eigenvalue weighted by molar-refractivity contribution is 6.15. The van der Waals surface area contributed by atoms with E-state index in [4.69, 9.17) is 5.11 Å². The molecule has 0 unspecified atom stereocenters. The van der Waals surface area contributed by atoms with Crippen molar-refractivity contribution in [1.29, 1.82) is 0 Å². The third kappa shape index (κ3) is 2.78. The zero-order valence-corrected chi connectivity index (χ0v) is 10.1. The number of hydrogen-bond donors (Lipinski definition) is 2. The second-order valence-electron chi connectivity index (χ2n) is 3.66. The number of carboxylic acid groups (broad SMARTS) is 1. The maximum atomic E-state index is 10.8. The summed E-state index contributed by atoms with van der Waals surface area (Å²) in [5.41, 5.74) is 1.02. The Hall–Kier alpha value is -1.97. The number of benzene rings is 1. The summed E-state index contributed by atoms with van der Waals surface area (Å²) in [4.78, 5) is 12.8. The Balaban J connectivity index is 3.09. The lowest BCUT2D eigenvalue weighted by Gasteiger charge is -2.21. The molecule has 0 fully saturated rings. The molecule has 4 heteroatoms. The van der Waals surface area contributed by atoms with Crippen LogP contribution < -0.4 is 4.90 Å². The minimum Gasteiger partial charge on any atom is -0.507 e. The van der Waals surface area contributed by atoms with E-state index in [1.165, 1.54) is 0 Å². The normalized spacial score (nSPS) is 10.0. The summed E-state index contributed by atoms with van der Waals surface area (Å²) in [5.74, 6) is -1.18. The number of phenolic OH excluding ortho intramolecular Hbond substituents is 1. The minimum atomic E-state index is -1.13. The molecular formula is C13H17NO3. The third-order valence-electron chi connectivity index (χ3n) is 2.69. The van der Waals surface area contributed by atoms with Gasteiger partial charge < -0.3 is 15.1 Å². The van der Waals surface area contributed by atoms with Crippen LogP contribution in [-0.2, 0) is 4.79 Å². The first-order valence-corrected chi connectivity index (χ1v) is 5.51. The van der Waals surface area contributed by atoms with Crippen LogP contribution in [0.5, 0.6) is 5.75 Å². The van der Waals surface area contributed by atoms with Crippen molar-refractivity contribution in [3.63, 3.8) is 0 Å². The quantitative estimate of drug-likeness (QED) is 0.769. The number of phenols is 1. The van der Waals surface area contributed by atoms with Crippen LogP contribution in [0.2, 0.25) is 0 Å². The smallest absolute Gasteiger partial charge is 0.335 e. The van der Waals surface area contributed by atoms with Gasteiger partial charge in [-0.25, -0.2) is 4.79 Å². The highest BCUT2D eigenvalue weighted by atomic mass is 16.4. The van der Waals surface area contributed by atoms with E-state index < -0.39 is 5.97 Å². The number of nitrogens with zero attached hydrogens (tertiary/aromatic N) is 1. The van der Waals surface area contributed by atoms with Crippen LogP contribution in [0, 0.1) is 0 Å². The van der Waals surface area contributed by atoms with Gasteiger partial charge in [0.25, 0.3) is 0 Å². The Morgan fingerprint density at radius 3 is 2.35 bits per heavy atom. The van der Waals surface area contributed by atoms with Crippen LogP contribution >= 0.6 is 0 Å². The molecule has 2 N–H and O–H groups in total. The number of anilines is 1. The van der Waals surface area contributed by atoms with Crippen molar-refractivity contribution < 1.29 is 15.0 Å². The summed E-state index contributed by atoms with van der Waals surface area (Å²) in [7, 11) is 0. The van der Waals surface area contributed by atoms with Gasteiger partial charge in [-0.1, -0.05) is 6.58 Å². The van der Waals surface area contributed by atoms with E-state index >= 15 is 0 Å². The van der Waals surface area contributed by atoms with E-state index in [9.17, 15) is 9.90 Å². The number of carboxylic acids is 1. The summed E-state index contributed by atoms with van der Waals surface area (Å²) >= 11 is 0. The third-order valence-corrected chi connectivity index (χ3v) is 2.69. The summed E-state index contributed by atoms with van der Waals surface area (Å²) in [6.45, 7) is 9.12. The molecule has 0 aromatic heterocycles. The lowest BCUT2D eigenvalue weighted by Crippen LogP contribution is -2.21. The van der Waals surface area contributed by atoms with Crippen LogP contribution in [0.3, 0.4) is 0 Å². The van der Waals surface area contributed by atoms with Crippen molar-refractivity contribution in [2.75, 3.05) is 18.0 Å². The Labute approximate surface area is 101 Å². The fourth-order valence-corrected chi connectivity index (χ4v) is 1.68. The Bertz CT molecular complexity index is 436. The molecule has 0 bridgehead atoms. The molecule has 4 nitrogen and oxygen atoms in total. The van der Waals surface area contributed by atoms with Gasteiger partial charge in [-0.05, 0) is 26.0 Å². The van der Waals surface area contributed by atoms with E-state index in [-0.39, 0.29) is 16.9 Å². The topological polar surface area (TPSA) is 60.8 Å². The second kappa shape index (κ2) is 5.39. The highest BCUT2D eigenvalue weighted by Gasteiger charge is 2.13. The van der Waals surface area contributed by atoms with E-state index in [0.717, 1.165) is 18.8 Å². The molecule has 1 aromatic carbocycles. The fourth-order valence-electron chi connectivity index (χ4n) is 1.68. The van der Waals surface area contributed by atoms with Gasteiger partial charge in [0.15, 0.2) is 0 Å². The minimum absolute atomic E-state index is 0.0539. The summed E-state index contributed by atoms with van der Waals surface area (Å²) in [5, 5.41) is 18.6. The average molecular weight is 235 g/mol. The van der Waals surface area contributed by atoms with Gasteiger partial charge in [0.2, 0.25) is 0 Å². The summed E-state index contributed by atoms with van der Waals surface area (Å²) < 4.78 is 0. The van der Waals surface area contributed by atoms with E-state index in [2.05, 4.69) is 11.5 Å². The monoisotopic (exact) mass is 235 g/mol. The van der Waals surface area contributed by atoms with Crippen LogP contribution in [0.4, 0.5) is 5.69 Å². The van der Waals surface area contributed by atoms with Crippen molar-refractivity contribution in [3.05, 3.63) is 30.3 Å². The maximum absolute atomic E-state index is 10.8. The van der Waals surface area contributed by atoms with Gasteiger partial charge in [0.05, 0.1) is 5.57 Å². The molecule has 0 saturated heterocycles. The average Bonchev–Trinajstić information content (AvgIpc) is 2.30. The zero-order valence-electron chi connectivity index (χ0n) is 10.1. The molecule has 1 rings (SSSR count). The van der Waals surface area contributed by atoms with Gasteiger partial charge in [0, 0.05) is 30.4 Å². The first-order chi connectivity index (χ1) is 8.01. The molecule has 0 spiro atoms. The molecule has 92 valence electrons. The standard InChI is InChI=1S/C13H17NO3/c1-4-14(5-2)10-6-7-11(12(15)8-10)9(3)13(16)17/h6-8,15H,3-5H2,1-2H3,(H,16,17). The maximum Gasteiger partial charge on any atom is 0.335 e. The predicted octanol–water partition coefficient (Wildman–Crippen LogP) is 2.34. The van der Waals surface area contributed by atoms with Gasteiger partial charge in [0.1, 0.15) is 5.75 Å². The zero-order chi connectivity index (χ0) is 13.0. The first kappa shape index (κ1) is 13.1. The number of rotatable bonds is 5. The van der Waals surface area contributed by atoms with Crippen LogP contribution in [-0.4, -0.2) is 29.3 Å². The molecule has 0 atom stereocenters. The van der Waals surface area contributed by atoms with Crippen molar-refractivity contribution in [3.8, 4) is 5.75 Å². The number of carbonyl (C=O) groups is 1. The highest BCUT2D eigenvalue weighted by Crippen LogP contribution is 2.29. The molecule has 1 aromatic rings. The second-order valence-corrected chi connectivity index (χ2v) is 3.66. The first-order valence-electron chi connectivity index (χ1n) is 5.51. The molecule has 0 heterocycles. The van der Waals surface area contributed by atoms with Gasteiger partial charge in [-0.15, -0.1) is 0 Å². The molecule has 0 aliphatic rings. The van der Waals surface area contributed by atoms with Crippen molar-refractivity contribution in [1.82, 2.24) is 0 Å². The molecule has 0 saturated carbocycles. The van der Waals surface area contributed by atoms with Gasteiger partial charge in [-0.2, -0.15) is 0 Å². The predicted molar refractivity (Wildman–Crippen MR) is 68.3 cm³/mol. The van der Waals surface area contributed by atoms with Gasteiger partial charge in [-0.3, -0.25) is 0 Å². The lowest BCUT2D eigenvalue weighted by molar-refractivity contribution is -0.130. The number of aromatic hydroxyl groups is 1. The Morgan fingerprint density at radius 1 is 1.35 bits per heavy atom. The van der Waals surface area contributed by atoms with Gasteiger partial charge >= 0.3 is 5.97 Å². The lowest BCUT2D eigenvalue weighted by atomic mass is 10.1. The molecule has 0 amide bonds. The van der Waals surface area contributed by atoms with Crippen molar-refractivity contribution in [2.24, 2.45) is 0 Å². The SMILES string of the molecule is C=C(C(=O)O)c1ccc(N(CC)CC)cc1O. The summed E-state index contributed by atoms with van der Waals surface area (Å²) in [6.07, 6.45) is 0. The van der Waals surface area contributed by atoms with Crippen molar-refractivity contribution in [2.45, 2.75) is 13.8 Å². The van der Waals surface area contributed by atoms with Crippen LogP contribution in [0.25, 0.3) is 5.57 Å². The van der Waals surface area contributed by atoms with Crippen LogP contribution in [0.1, 0.15) is 19.4 Å². The van der Waals surface area contributed by atoms with Crippen molar-refractivity contribution >= 4 is 17.2 Å². The molecular weight excluding hydrogens is 218 g/mol. The Kier molecular flexibility index (Phi) is 4.15. The van der Waals surface area contributed by atoms with E-state index in [1.54, 1.807) is 18.2 Å². The number of aliphatic carboxylic acids is 1. The molecule has 17 heavy (non-hydrogen) atoms. The fraction of sp³-hybridized carbons (Fsp3) is 0.308. The molecule has 0 radical (unpaired) electrons. The van der Waals surface area contributed by atoms with Crippen LogP contribution in [0.15, 0.2) is 24.8 Å². The largest absolute Gasteiger partial charge is 0.507 e.